The van der Waals surface area contributed by atoms with Crippen LogP contribution in [0.1, 0.15) is 48.0 Å². The lowest BCUT2D eigenvalue weighted by molar-refractivity contribution is 0.0491. The number of ether oxygens (including phenoxy) is 3. The first-order valence-electron chi connectivity index (χ1n) is 10.9. The Bertz CT molecular complexity index is 885. The molecule has 1 aromatic heterocycles. The summed E-state index contributed by atoms with van der Waals surface area (Å²) in [4.78, 5) is 30.7. The van der Waals surface area contributed by atoms with E-state index < -0.39 is 12.1 Å². The van der Waals surface area contributed by atoms with Crippen LogP contribution < -0.4 is 10.2 Å². The Morgan fingerprint density at radius 1 is 1.25 bits per heavy atom. The van der Waals surface area contributed by atoms with E-state index in [4.69, 9.17) is 18.6 Å². The minimum atomic E-state index is -0.488. The van der Waals surface area contributed by atoms with Crippen LogP contribution in [0.15, 0.2) is 34.7 Å². The van der Waals surface area contributed by atoms with E-state index in [0.29, 0.717) is 37.9 Å². The van der Waals surface area contributed by atoms with Gasteiger partial charge in [0.15, 0.2) is 5.69 Å². The minimum Gasteiger partial charge on any atom is -0.461 e. The van der Waals surface area contributed by atoms with Crippen molar-refractivity contribution in [1.29, 1.82) is 0 Å². The molecule has 0 spiro atoms. The highest BCUT2D eigenvalue weighted by atomic mass is 16.5. The smallest absolute Gasteiger partial charge is 0.407 e. The number of carbonyl (C=O) groups excluding carboxylic acids is 2. The van der Waals surface area contributed by atoms with Crippen molar-refractivity contribution >= 4 is 18.1 Å². The number of nitrogens with one attached hydrogen (secondary N) is 1. The maximum absolute atomic E-state index is 12.2. The number of anilines is 1. The first-order chi connectivity index (χ1) is 15.5. The second kappa shape index (κ2) is 11.5. The van der Waals surface area contributed by atoms with Gasteiger partial charge in [-0.1, -0.05) is 43.7 Å². The molecule has 2 aromatic rings. The topological polar surface area (TPSA) is 103 Å². The summed E-state index contributed by atoms with van der Waals surface area (Å²) in [6, 6.07) is 9.63. The van der Waals surface area contributed by atoms with Crippen LogP contribution in [-0.4, -0.2) is 56.0 Å². The molecule has 0 bridgehead atoms. The largest absolute Gasteiger partial charge is 0.461 e. The molecule has 1 aliphatic heterocycles. The Kier molecular flexibility index (Phi) is 8.49. The van der Waals surface area contributed by atoms with Crippen molar-refractivity contribution in [3.8, 4) is 0 Å². The highest BCUT2D eigenvalue weighted by Gasteiger charge is 2.33. The molecule has 1 N–H and O–H groups in total. The van der Waals surface area contributed by atoms with Crippen LogP contribution >= 0.6 is 0 Å². The minimum absolute atomic E-state index is 0.190. The molecule has 3 rings (SSSR count). The van der Waals surface area contributed by atoms with E-state index in [9.17, 15) is 9.59 Å². The third-order valence-electron chi connectivity index (χ3n) is 5.36. The van der Waals surface area contributed by atoms with Gasteiger partial charge in [0, 0.05) is 13.7 Å². The zero-order valence-corrected chi connectivity index (χ0v) is 18.8. The maximum Gasteiger partial charge on any atom is 0.407 e. The number of methoxy groups -OCH3 is 1. The van der Waals surface area contributed by atoms with E-state index in [0.717, 1.165) is 18.4 Å². The van der Waals surface area contributed by atoms with E-state index >= 15 is 0 Å². The molecule has 0 radical (unpaired) electrons. The van der Waals surface area contributed by atoms with Gasteiger partial charge in [0.25, 0.3) is 6.01 Å². The summed E-state index contributed by atoms with van der Waals surface area (Å²) in [5, 5.41) is 2.89. The molecule has 1 aromatic carbocycles. The lowest BCUT2D eigenvalue weighted by Crippen LogP contribution is -2.55. The second-order valence-electron chi connectivity index (χ2n) is 7.71. The summed E-state index contributed by atoms with van der Waals surface area (Å²) >= 11 is 0. The molecule has 0 saturated carbocycles. The number of aryl methyl sites for hydroxylation is 1. The van der Waals surface area contributed by atoms with E-state index in [-0.39, 0.29) is 24.4 Å². The molecule has 2 atom stereocenters. The number of rotatable bonds is 9. The van der Waals surface area contributed by atoms with Crippen molar-refractivity contribution < 1.29 is 28.2 Å². The number of hydrogen-bond acceptors (Lipinski definition) is 8. The number of piperidine rings is 1. The SMILES string of the molecule is CCCCOC(=O)c1nc(N2CC[C@@H](NC(=O)OCc3ccccc3)[C@@H](OC)C2)oc1C. The van der Waals surface area contributed by atoms with Crippen LogP contribution in [0.5, 0.6) is 0 Å². The fourth-order valence-corrected chi connectivity index (χ4v) is 3.50. The average Bonchev–Trinajstić information content (AvgIpc) is 3.20. The summed E-state index contributed by atoms with van der Waals surface area (Å²) in [5.74, 6) is -0.0628. The summed E-state index contributed by atoms with van der Waals surface area (Å²) in [6.45, 7) is 5.31. The predicted octanol–water partition coefficient (Wildman–Crippen LogP) is 3.46. The first kappa shape index (κ1) is 23.6. The third-order valence-corrected chi connectivity index (χ3v) is 5.36. The quantitative estimate of drug-likeness (QED) is 0.462. The molecular weight excluding hydrogens is 414 g/mol. The van der Waals surface area contributed by atoms with Crippen LogP contribution in [0.2, 0.25) is 0 Å². The van der Waals surface area contributed by atoms with E-state index in [1.807, 2.05) is 42.2 Å². The van der Waals surface area contributed by atoms with Crippen molar-refractivity contribution in [1.82, 2.24) is 10.3 Å². The van der Waals surface area contributed by atoms with Gasteiger partial charge < -0.3 is 28.8 Å². The standard InChI is InChI=1S/C23H31N3O6/c1-4-5-13-30-21(27)20-16(2)32-22(25-20)26-12-11-18(19(14-26)29-3)24-23(28)31-15-17-9-7-6-8-10-17/h6-10,18-19H,4-5,11-15H2,1-3H3,(H,24,28)/t18-,19+/m1/s1. The van der Waals surface area contributed by atoms with Gasteiger partial charge in [0.2, 0.25) is 0 Å². The number of oxazole rings is 1. The fraction of sp³-hybridized carbons (Fsp3) is 0.522. The fourth-order valence-electron chi connectivity index (χ4n) is 3.50. The lowest BCUT2D eigenvalue weighted by Gasteiger charge is -2.37. The number of carbonyl (C=O) groups is 2. The Labute approximate surface area is 188 Å². The number of amides is 1. The lowest BCUT2D eigenvalue weighted by atomic mass is 10.0. The number of unbranched alkanes of at least 4 members (excludes halogenated alkanes) is 1. The molecule has 1 amide bonds. The molecule has 1 saturated heterocycles. The van der Waals surface area contributed by atoms with Crippen LogP contribution in [0, 0.1) is 6.92 Å². The van der Waals surface area contributed by atoms with E-state index in [1.165, 1.54) is 0 Å². The molecule has 1 aliphatic rings. The van der Waals surface area contributed by atoms with Gasteiger partial charge in [-0.05, 0) is 25.3 Å². The molecule has 0 aliphatic carbocycles. The molecular formula is C23H31N3O6. The third kappa shape index (κ3) is 6.23. The monoisotopic (exact) mass is 445 g/mol. The van der Waals surface area contributed by atoms with Gasteiger partial charge in [-0.15, -0.1) is 0 Å². The molecule has 0 unspecified atom stereocenters. The van der Waals surface area contributed by atoms with Gasteiger partial charge in [-0.3, -0.25) is 0 Å². The molecule has 1 fully saturated rings. The molecule has 174 valence electrons. The van der Waals surface area contributed by atoms with Gasteiger partial charge >= 0.3 is 12.1 Å². The van der Waals surface area contributed by atoms with Gasteiger partial charge in [0.05, 0.1) is 25.3 Å². The van der Waals surface area contributed by atoms with Gasteiger partial charge in [-0.2, -0.15) is 4.98 Å². The Balaban J connectivity index is 1.54. The number of alkyl carbamates (subject to hydrolysis) is 1. The summed E-state index contributed by atoms with van der Waals surface area (Å²) in [7, 11) is 1.59. The number of hydrogen-bond donors (Lipinski definition) is 1. The van der Waals surface area contributed by atoms with Crippen LogP contribution in [0.3, 0.4) is 0 Å². The van der Waals surface area contributed by atoms with Crippen LogP contribution in [-0.2, 0) is 20.8 Å². The maximum atomic E-state index is 12.2. The predicted molar refractivity (Wildman–Crippen MR) is 118 cm³/mol. The number of esters is 1. The number of benzene rings is 1. The van der Waals surface area contributed by atoms with E-state index in [1.54, 1.807) is 14.0 Å². The molecule has 9 nitrogen and oxygen atoms in total. The van der Waals surface area contributed by atoms with Gasteiger partial charge in [0.1, 0.15) is 12.4 Å². The van der Waals surface area contributed by atoms with Crippen molar-refractivity contribution in [2.24, 2.45) is 0 Å². The van der Waals surface area contributed by atoms with Crippen molar-refractivity contribution in [2.45, 2.75) is 51.9 Å². The second-order valence-corrected chi connectivity index (χ2v) is 7.71. The highest BCUT2D eigenvalue weighted by Crippen LogP contribution is 2.24. The molecule has 2 heterocycles. The van der Waals surface area contributed by atoms with E-state index in [2.05, 4.69) is 10.3 Å². The normalized spacial score (nSPS) is 18.3. The summed E-state index contributed by atoms with van der Waals surface area (Å²) in [6.07, 6.45) is 1.58. The van der Waals surface area contributed by atoms with Crippen molar-refractivity contribution in [3.63, 3.8) is 0 Å². The Morgan fingerprint density at radius 2 is 2.03 bits per heavy atom. The molecule has 9 heteroatoms. The Hall–Kier alpha value is -3.07. The van der Waals surface area contributed by atoms with Crippen LogP contribution in [0.25, 0.3) is 0 Å². The highest BCUT2D eigenvalue weighted by molar-refractivity contribution is 5.88. The average molecular weight is 446 g/mol. The zero-order chi connectivity index (χ0) is 22.9. The van der Waals surface area contributed by atoms with Gasteiger partial charge in [-0.25, -0.2) is 9.59 Å². The van der Waals surface area contributed by atoms with Crippen LogP contribution in [0.4, 0.5) is 10.8 Å². The summed E-state index contributed by atoms with van der Waals surface area (Å²) in [5.41, 5.74) is 1.11. The first-order valence-corrected chi connectivity index (χ1v) is 10.9. The molecule has 32 heavy (non-hydrogen) atoms. The summed E-state index contributed by atoms with van der Waals surface area (Å²) < 4.78 is 21.9. The van der Waals surface area contributed by atoms with Crippen molar-refractivity contribution in [3.05, 3.63) is 47.3 Å². The number of aromatic nitrogens is 1. The number of nitrogens with zero attached hydrogens (tertiary/aromatic N) is 2. The Morgan fingerprint density at radius 3 is 2.75 bits per heavy atom. The van der Waals surface area contributed by atoms with Crippen molar-refractivity contribution in [2.75, 3.05) is 31.7 Å². The zero-order valence-electron chi connectivity index (χ0n) is 18.8.